The maximum atomic E-state index is 13.0. The Morgan fingerprint density at radius 1 is 1.04 bits per heavy atom. The minimum Gasteiger partial charge on any atom is -0.487 e. The van der Waals surface area contributed by atoms with Gasteiger partial charge in [-0.2, -0.15) is 0 Å². The van der Waals surface area contributed by atoms with E-state index >= 15 is 0 Å². The van der Waals surface area contributed by atoms with Crippen molar-refractivity contribution in [3.63, 3.8) is 0 Å². The molecule has 1 N–H and O–H groups in total. The topological polar surface area (TPSA) is 89.9 Å². The number of aliphatic carboxylic acids is 1. The number of carboxylic acids is 1. The minimum atomic E-state index is -1.03. The molecule has 0 aromatic heterocycles. The van der Waals surface area contributed by atoms with Gasteiger partial charge in [-0.05, 0) is 52.4 Å². The van der Waals surface area contributed by atoms with Crippen molar-refractivity contribution in [2.24, 2.45) is 0 Å². The second-order valence-electron chi connectivity index (χ2n) is 7.95. The van der Waals surface area contributed by atoms with Crippen LogP contribution in [0.3, 0.4) is 0 Å². The molecule has 27 heavy (non-hydrogen) atoms. The van der Waals surface area contributed by atoms with Crippen LogP contribution in [0, 0.1) is 0 Å². The Bertz CT molecular complexity index is 806. The smallest absolute Gasteiger partial charge is 0.308 e. The van der Waals surface area contributed by atoms with Crippen molar-refractivity contribution in [2.45, 2.75) is 77.7 Å². The molecule has 0 bridgehead atoms. The van der Waals surface area contributed by atoms with Gasteiger partial charge in [0.2, 0.25) is 0 Å². The molecule has 0 atom stereocenters. The van der Waals surface area contributed by atoms with Gasteiger partial charge in [0.05, 0.1) is 12.0 Å². The number of hydrogen-bond acceptors (Lipinski definition) is 5. The molecule has 1 aromatic rings. The zero-order valence-electron chi connectivity index (χ0n) is 16.1. The lowest BCUT2D eigenvalue weighted by atomic mass is 9.80. The number of ketones is 1. The number of carbonyl (C=O) groups excluding carboxylic acids is 2. The first kappa shape index (κ1) is 19.4. The minimum absolute atomic E-state index is 0.127. The lowest BCUT2D eigenvalue weighted by Gasteiger charge is -2.37. The quantitative estimate of drug-likeness (QED) is 0.481. The van der Waals surface area contributed by atoms with E-state index in [0.717, 1.165) is 48.1 Å². The Labute approximate surface area is 158 Å². The fourth-order valence-corrected chi connectivity index (χ4v) is 4.00. The molecule has 1 aliphatic carbocycles. The van der Waals surface area contributed by atoms with E-state index in [9.17, 15) is 14.4 Å². The molecular weight excluding hydrogens is 348 g/mol. The van der Waals surface area contributed by atoms with E-state index in [0.29, 0.717) is 24.2 Å². The Morgan fingerprint density at radius 2 is 1.70 bits per heavy atom. The second kappa shape index (κ2) is 7.33. The molecular formula is C21H26O6. The molecule has 0 saturated heterocycles. The Hall–Kier alpha value is -2.37. The van der Waals surface area contributed by atoms with Crippen molar-refractivity contribution in [1.82, 2.24) is 0 Å². The SMILES string of the molecule is CC(=O)Oc1c2c(c3c(c1C(=O)CCC(=O)O)CCC(C)(C)O3)CCCC2. The van der Waals surface area contributed by atoms with Gasteiger partial charge < -0.3 is 14.6 Å². The number of hydrogen-bond donors (Lipinski definition) is 1. The van der Waals surface area contributed by atoms with E-state index < -0.39 is 11.9 Å². The van der Waals surface area contributed by atoms with Crippen molar-refractivity contribution < 1.29 is 29.0 Å². The highest BCUT2D eigenvalue weighted by Gasteiger charge is 2.36. The third-order valence-corrected chi connectivity index (χ3v) is 5.26. The summed E-state index contributed by atoms with van der Waals surface area (Å²) in [5.41, 5.74) is 2.68. The van der Waals surface area contributed by atoms with Gasteiger partial charge in [0.15, 0.2) is 5.78 Å². The van der Waals surface area contributed by atoms with Crippen LogP contribution in [0.25, 0.3) is 0 Å². The van der Waals surface area contributed by atoms with Crippen LogP contribution in [0.4, 0.5) is 0 Å². The summed E-state index contributed by atoms with van der Waals surface area (Å²) in [7, 11) is 0. The standard InChI is InChI=1S/C21H26O6/c1-12(22)26-20-14-7-5-4-6-13(14)19-15(10-11-21(2,3)27-19)18(20)16(23)8-9-17(24)25/h4-11H2,1-3H3,(H,24,25). The monoisotopic (exact) mass is 374 g/mol. The number of carbonyl (C=O) groups is 3. The number of esters is 1. The van der Waals surface area contributed by atoms with Crippen LogP contribution in [0.1, 0.15) is 79.9 Å². The summed E-state index contributed by atoms with van der Waals surface area (Å²) in [6.07, 6.45) is 4.51. The van der Waals surface area contributed by atoms with Gasteiger partial charge in [0.25, 0.3) is 0 Å². The summed E-state index contributed by atoms with van der Waals surface area (Å²) in [6, 6.07) is 0. The van der Waals surface area contributed by atoms with Gasteiger partial charge >= 0.3 is 11.9 Å². The third-order valence-electron chi connectivity index (χ3n) is 5.26. The van der Waals surface area contributed by atoms with Gasteiger partial charge in [-0.15, -0.1) is 0 Å². The van der Waals surface area contributed by atoms with Crippen LogP contribution in [-0.2, 0) is 28.9 Å². The van der Waals surface area contributed by atoms with Crippen molar-refractivity contribution in [2.75, 3.05) is 0 Å². The summed E-state index contributed by atoms with van der Waals surface area (Å²) < 4.78 is 11.8. The summed E-state index contributed by atoms with van der Waals surface area (Å²) in [5.74, 6) is -0.736. The van der Waals surface area contributed by atoms with Crippen molar-refractivity contribution >= 4 is 17.7 Å². The van der Waals surface area contributed by atoms with E-state index in [1.54, 1.807) is 0 Å². The molecule has 0 radical (unpaired) electrons. The summed E-state index contributed by atoms with van der Waals surface area (Å²) in [4.78, 5) is 35.7. The van der Waals surface area contributed by atoms with Gasteiger partial charge in [-0.3, -0.25) is 14.4 Å². The third kappa shape index (κ3) is 3.99. The zero-order valence-corrected chi connectivity index (χ0v) is 16.1. The first-order valence-corrected chi connectivity index (χ1v) is 9.52. The normalized spacial score (nSPS) is 17.3. The van der Waals surface area contributed by atoms with Gasteiger partial charge in [0, 0.05) is 30.0 Å². The van der Waals surface area contributed by atoms with Gasteiger partial charge in [-0.25, -0.2) is 0 Å². The first-order valence-electron chi connectivity index (χ1n) is 9.52. The predicted octanol–water partition coefficient (Wildman–Crippen LogP) is 3.64. The van der Waals surface area contributed by atoms with Crippen molar-refractivity contribution in [3.05, 3.63) is 22.3 Å². The molecule has 3 rings (SSSR count). The fraction of sp³-hybridized carbons (Fsp3) is 0.571. The first-order chi connectivity index (χ1) is 12.7. The predicted molar refractivity (Wildman–Crippen MR) is 98.6 cm³/mol. The summed E-state index contributed by atoms with van der Waals surface area (Å²) >= 11 is 0. The maximum Gasteiger partial charge on any atom is 0.308 e. The Morgan fingerprint density at radius 3 is 2.33 bits per heavy atom. The van der Waals surface area contributed by atoms with E-state index in [2.05, 4.69) is 0 Å². The molecule has 1 aliphatic heterocycles. The second-order valence-corrected chi connectivity index (χ2v) is 7.95. The Kier molecular flexibility index (Phi) is 5.27. The average molecular weight is 374 g/mol. The molecule has 0 amide bonds. The van der Waals surface area contributed by atoms with Gasteiger partial charge in [-0.1, -0.05) is 0 Å². The van der Waals surface area contributed by atoms with E-state index in [-0.39, 0.29) is 24.2 Å². The van der Waals surface area contributed by atoms with Gasteiger partial charge in [0.1, 0.15) is 17.1 Å². The Balaban J connectivity index is 2.20. The van der Waals surface area contributed by atoms with Crippen molar-refractivity contribution in [1.29, 1.82) is 0 Å². The van der Waals surface area contributed by atoms with E-state index in [4.69, 9.17) is 14.6 Å². The van der Waals surface area contributed by atoms with Crippen LogP contribution in [0.5, 0.6) is 11.5 Å². The van der Waals surface area contributed by atoms with Crippen LogP contribution in [0.2, 0.25) is 0 Å². The molecule has 0 spiro atoms. The van der Waals surface area contributed by atoms with Crippen molar-refractivity contribution in [3.8, 4) is 11.5 Å². The van der Waals surface area contributed by atoms with E-state index in [1.807, 2.05) is 13.8 Å². The maximum absolute atomic E-state index is 13.0. The fourth-order valence-electron chi connectivity index (χ4n) is 4.00. The molecule has 1 heterocycles. The number of rotatable bonds is 5. The number of Topliss-reactive ketones (excluding diaryl/α,β-unsaturated/α-hetero) is 1. The lowest BCUT2D eigenvalue weighted by molar-refractivity contribution is -0.137. The highest BCUT2D eigenvalue weighted by Crippen LogP contribution is 2.47. The molecule has 2 aliphatic rings. The number of benzene rings is 1. The van der Waals surface area contributed by atoms with Crippen LogP contribution < -0.4 is 9.47 Å². The van der Waals surface area contributed by atoms with E-state index in [1.165, 1.54) is 6.92 Å². The number of carboxylic acid groups (broad SMARTS) is 1. The molecule has 0 fully saturated rings. The summed E-state index contributed by atoms with van der Waals surface area (Å²) in [5, 5.41) is 8.96. The zero-order chi connectivity index (χ0) is 19.8. The molecule has 0 saturated carbocycles. The molecule has 6 nitrogen and oxygen atoms in total. The van der Waals surface area contributed by atoms with Crippen LogP contribution in [-0.4, -0.2) is 28.4 Å². The van der Waals surface area contributed by atoms with Crippen LogP contribution in [0.15, 0.2) is 0 Å². The highest BCUT2D eigenvalue weighted by molar-refractivity contribution is 6.03. The lowest BCUT2D eigenvalue weighted by Crippen LogP contribution is -2.35. The molecule has 0 unspecified atom stereocenters. The highest BCUT2D eigenvalue weighted by atomic mass is 16.5. The summed E-state index contributed by atoms with van der Waals surface area (Å²) in [6.45, 7) is 5.37. The molecule has 146 valence electrons. The number of fused-ring (bicyclic) bond motifs is 3. The van der Waals surface area contributed by atoms with Crippen LogP contribution >= 0.6 is 0 Å². The molecule has 6 heteroatoms. The molecule has 1 aromatic carbocycles. The number of ether oxygens (including phenoxy) is 2. The largest absolute Gasteiger partial charge is 0.487 e. The average Bonchev–Trinajstić information content (AvgIpc) is 2.59.